The van der Waals surface area contributed by atoms with Crippen LogP contribution in [0.3, 0.4) is 0 Å². The summed E-state index contributed by atoms with van der Waals surface area (Å²) in [6.07, 6.45) is 12.5. The molecular formula is C54H32F3Ir5N12OS3-5. The van der Waals surface area contributed by atoms with Crippen molar-refractivity contribution in [3.63, 3.8) is 0 Å². The normalized spacial score (nSPS) is 9.10. The molecule has 0 unspecified atom stereocenters. The van der Waals surface area contributed by atoms with E-state index in [0.29, 0.717) is 37.3 Å². The molecule has 0 saturated heterocycles. The van der Waals surface area contributed by atoms with Crippen molar-refractivity contribution < 1.29 is 118 Å². The van der Waals surface area contributed by atoms with Crippen LogP contribution in [0.5, 0.6) is 5.75 Å². The summed E-state index contributed by atoms with van der Waals surface area (Å²) in [5.74, 6) is -1.46. The number of rotatable bonds is 7. The van der Waals surface area contributed by atoms with Crippen LogP contribution in [0.25, 0.3) is 54.2 Å². The summed E-state index contributed by atoms with van der Waals surface area (Å²) in [5, 5.41) is 35.1. The van der Waals surface area contributed by atoms with Gasteiger partial charge in [0.05, 0.1) is 13.2 Å². The summed E-state index contributed by atoms with van der Waals surface area (Å²) in [5.41, 5.74) is 5.81. The monoisotopic (exact) mass is 1980 g/mol. The number of thiophene rings is 3. The molecule has 10 rings (SSSR count). The maximum absolute atomic E-state index is 13.2. The van der Waals surface area contributed by atoms with Crippen LogP contribution >= 0.6 is 34.0 Å². The van der Waals surface area contributed by atoms with E-state index in [1.165, 1.54) is 54.7 Å². The fourth-order valence-electron chi connectivity index (χ4n) is 5.77. The van der Waals surface area contributed by atoms with E-state index >= 15 is 0 Å². The number of benzene rings is 2. The largest absolute Gasteiger partial charge is 0.520 e. The van der Waals surface area contributed by atoms with Gasteiger partial charge in [-0.25, -0.2) is 59.2 Å². The Morgan fingerprint density at radius 1 is 0.551 bits per heavy atom. The van der Waals surface area contributed by atoms with Crippen molar-refractivity contribution in [2.45, 2.75) is 0 Å². The molecule has 0 amide bonds. The molecule has 5 radical (unpaired) electrons. The van der Waals surface area contributed by atoms with E-state index < -0.39 is 17.5 Å². The van der Waals surface area contributed by atoms with E-state index in [4.69, 9.17) is 25.8 Å². The molecule has 2 aromatic carbocycles. The molecule has 0 aliphatic heterocycles. The molecule has 403 valence electrons. The molecule has 0 spiro atoms. The first-order valence-corrected chi connectivity index (χ1v) is 23.3. The summed E-state index contributed by atoms with van der Waals surface area (Å²) >= 11 is 3.80. The Bertz CT molecular complexity index is 3550. The molecule has 13 nitrogen and oxygen atoms in total. The molecule has 0 N–H and O–H groups in total. The Morgan fingerprint density at radius 2 is 1.15 bits per heavy atom. The number of aromatic nitrogens is 7. The topological polar surface area (TPSA) is 198 Å². The maximum Gasteiger partial charge on any atom is 0.105 e. The first-order valence-electron chi connectivity index (χ1n) is 20.9. The molecule has 24 heteroatoms. The van der Waals surface area contributed by atoms with Gasteiger partial charge in [0.2, 0.25) is 0 Å². The number of methoxy groups -OCH3 is 1. The zero-order chi connectivity index (χ0) is 52.0. The van der Waals surface area contributed by atoms with E-state index in [0.717, 1.165) is 61.6 Å². The molecule has 0 saturated carbocycles. The van der Waals surface area contributed by atoms with E-state index in [1.54, 1.807) is 73.3 Å². The second kappa shape index (κ2) is 36.8. The number of pyridine rings is 3. The third kappa shape index (κ3) is 20.5. The van der Waals surface area contributed by atoms with E-state index in [2.05, 4.69) is 83.4 Å². The van der Waals surface area contributed by atoms with Crippen LogP contribution in [-0.2, 0) is 101 Å². The second-order valence-electron chi connectivity index (χ2n) is 14.1. The number of hydrogen-bond donors (Lipinski definition) is 0. The van der Waals surface area contributed by atoms with Gasteiger partial charge in [0.25, 0.3) is 0 Å². The molecule has 8 heterocycles. The Balaban J connectivity index is 0.000000481. The van der Waals surface area contributed by atoms with Crippen LogP contribution in [0.15, 0.2) is 141 Å². The van der Waals surface area contributed by atoms with Crippen molar-refractivity contribution in [1.29, 1.82) is 21.0 Å². The smallest absolute Gasteiger partial charge is 0.105 e. The summed E-state index contributed by atoms with van der Waals surface area (Å²) in [7, 11) is 5.32. The molecule has 78 heavy (non-hydrogen) atoms. The number of halogens is 3. The number of hydrogen-bond acceptors (Lipinski definition) is 16. The third-order valence-electron chi connectivity index (χ3n) is 9.09. The minimum atomic E-state index is -0.689. The quantitative estimate of drug-likeness (QED) is 0.137. The van der Waals surface area contributed by atoms with Gasteiger partial charge in [0.15, 0.2) is 0 Å². The van der Waals surface area contributed by atoms with E-state index in [-0.39, 0.29) is 111 Å². The molecule has 0 bridgehead atoms. The van der Waals surface area contributed by atoms with Crippen LogP contribution in [0.4, 0.5) is 18.9 Å². The number of nitriles is 4. The van der Waals surface area contributed by atoms with Crippen molar-refractivity contribution in [2.75, 3.05) is 26.1 Å². The van der Waals surface area contributed by atoms with Crippen molar-refractivity contribution in [2.24, 2.45) is 0 Å². The van der Waals surface area contributed by atoms with Crippen molar-refractivity contribution in [1.82, 2.24) is 34.9 Å². The minimum absolute atomic E-state index is 0. The Labute approximate surface area is 527 Å². The molecule has 0 fully saturated rings. The molecule has 0 atom stereocenters. The molecule has 10 aromatic rings. The molecule has 0 aliphatic carbocycles. The molecule has 0 aliphatic rings. The van der Waals surface area contributed by atoms with Gasteiger partial charge in [-0.1, -0.05) is 68.7 Å². The van der Waals surface area contributed by atoms with Gasteiger partial charge in [0, 0.05) is 206 Å². The van der Waals surface area contributed by atoms with Gasteiger partial charge in [-0.15, -0.1) is 54.1 Å². The van der Waals surface area contributed by atoms with Crippen LogP contribution in [-0.4, -0.2) is 56.1 Å². The minimum Gasteiger partial charge on any atom is -0.520 e. The van der Waals surface area contributed by atoms with Crippen LogP contribution in [0.2, 0.25) is 0 Å². The molecular weight excluding hydrogens is 1950 g/mol. The van der Waals surface area contributed by atoms with Crippen molar-refractivity contribution in [3.8, 4) is 84.3 Å². The SMILES string of the molecule is CN(C)c1c[c-]c(-c2ccncn2)cc1C#N.COc1[c-]c(-c2ccccn2)sc1C#N.Fc1c[c-]c(-c2cnccn2)c(F)c1.N#Cc1c[c-]c(-c2ccccn2)s1.N#Cc1sc(-c2ccccn2)[c-]c1F.[Ir].[Ir].[Ir].[Ir].[Ir]. The second-order valence-corrected chi connectivity index (χ2v) is 17.2. The summed E-state index contributed by atoms with van der Waals surface area (Å²) in [4.78, 5) is 33.5. The fraction of sp³-hybridized carbons (Fsp3) is 0.0556. The van der Waals surface area contributed by atoms with Crippen molar-refractivity contribution >= 4 is 39.7 Å². The van der Waals surface area contributed by atoms with Crippen molar-refractivity contribution in [3.05, 3.63) is 209 Å². The Kier molecular flexibility index (Phi) is 32.9. The predicted molar refractivity (Wildman–Crippen MR) is 271 cm³/mol. The fourth-order valence-corrected chi connectivity index (χ4v) is 8.10. The van der Waals surface area contributed by atoms with Gasteiger partial charge in [0.1, 0.15) is 6.33 Å². The van der Waals surface area contributed by atoms with Gasteiger partial charge >= 0.3 is 0 Å². The average Bonchev–Trinajstić information content (AvgIpc) is 4.21. The average molecular weight is 1980 g/mol. The van der Waals surface area contributed by atoms with Gasteiger partial charge in [-0.2, -0.15) is 11.3 Å². The molecule has 8 aromatic heterocycles. The first kappa shape index (κ1) is 69.8. The number of anilines is 1. The maximum atomic E-state index is 13.2. The van der Waals surface area contributed by atoms with E-state index in [1.807, 2.05) is 55.4 Å². The Hall–Kier alpha value is -6.25. The Morgan fingerprint density at radius 3 is 1.62 bits per heavy atom. The van der Waals surface area contributed by atoms with Gasteiger partial charge in [-0.05, 0) is 66.3 Å². The summed E-state index contributed by atoms with van der Waals surface area (Å²) < 4.78 is 43.8. The number of ether oxygens (including phenoxy) is 1. The van der Waals surface area contributed by atoms with Crippen LogP contribution < -0.4 is 9.64 Å². The van der Waals surface area contributed by atoms with Crippen LogP contribution in [0.1, 0.15) is 20.2 Å². The summed E-state index contributed by atoms with van der Waals surface area (Å²) in [6, 6.07) is 47.8. The standard InChI is InChI=1S/C13H11N4.C11H7N2OS.C10H5F2N2.C10H4FN2S.C10H5N2S.5Ir/c1-17(2)13-4-3-10(7-11(13)8-14)12-5-6-15-9-16-12;1-14-9-6-10(15-11(9)7-12)8-4-2-3-5-13-8;11-7-1-2-8(9(12)5-7)10-6-13-3-4-14-10;11-7-5-9(14-10(7)6-12)8-3-1-2-4-13-8;11-7-8-4-5-10(13-8)9-3-1-2-6-12-9;;;;;/h4-7,9H,1-2H3;2-5H,1H3;1,3-6H;1-4H;1-4,6H;;;;;/q5*-1;;;;;. The first-order chi connectivity index (χ1) is 35.5. The van der Waals surface area contributed by atoms with Gasteiger partial charge < -0.3 is 29.6 Å². The summed E-state index contributed by atoms with van der Waals surface area (Å²) in [6.45, 7) is 0. The zero-order valence-corrected chi connectivity index (χ0v) is 54.5. The third-order valence-corrected chi connectivity index (χ3v) is 12.0. The number of nitrogens with zero attached hydrogens (tertiary/aromatic N) is 12. The van der Waals surface area contributed by atoms with Crippen LogP contribution in [0, 0.1) is 93.1 Å². The van der Waals surface area contributed by atoms with Gasteiger partial charge in [-0.3, -0.25) is 18.7 Å². The predicted octanol–water partition coefficient (Wildman–Crippen LogP) is 11.7. The van der Waals surface area contributed by atoms with E-state index in [9.17, 15) is 13.2 Å². The zero-order valence-electron chi connectivity index (χ0n) is 40.1.